The summed E-state index contributed by atoms with van der Waals surface area (Å²) >= 11 is 1.82. The van der Waals surface area contributed by atoms with Gasteiger partial charge in [0.1, 0.15) is 11.9 Å². The minimum Gasteiger partial charge on any atom is -0.454 e. The van der Waals surface area contributed by atoms with Crippen molar-refractivity contribution in [1.82, 2.24) is 24.2 Å². The molecule has 1 aromatic carbocycles. The van der Waals surface area contributed by atoms with Gasteiger partial charge < -0.3 is 10.1 Å². The first-order valence-electron chi connectivity index (χ1n) is 14.8. The number of ether oxygens (including phenoxy) is 1. The maximum Gasteiger partial charge on any atom is 0.190 e. The second-order valence-corrected chi connectivity index (χ2v) is 12.1. The fourth-order valence-corrected chi connectivity index (χ4v) is 6.48. The van der Waals surface area contributed by atoms with Gasteiger partial charge in [-0.2, -0.15) is 0 Å². The van der Waals surface area contributed by atoms with Gasteiger partial charge in [-0.15, -0.1) is 0 Å². The Morgan fingerprint density at radius 1 is 1.30 bits per heavy atom. The van der Waals surface area contributed by atoms with Crippen LogP contribution in [0.2, 0.25) is 0 Å². The summed E-state index contributed by atoms with van der Waals surface area (Å²) in [6, 6.07) is 5.89. The third kappa shape index (κ3) is 6.92. The van der Waals surface area contributed by atoms with Crippen LogP contribution in [0.3, 0.4) is 0 Å². The summed E-state index contributed by atoms with van der Waals surface area (Å²) in [4.78, 5) is 18.0. The van der Waals surface area contributed by atoms with E-state index in [-0.39, 0.29) is 23.2 Å². The number of nitrogens with zero attached hydrogens (tertiary/aromatic N) is 3. The number of aromatic nitrogens is 3. The quantitative estimate of drug-likeness (QED) is 0.136. The fraction of sp³-hybridized carbons (Fsp3) is 0.353. The average molecular weight is 620 g/mol. The minimum absolute atomic E-state index is 0.0390. The Kier molecular flexibility index (Phi) is 9.90. The van der Waals surface area contributed by atoms with E-state index < -0.39 is 12.0 Å². The Labute approximate surface area is 260 Å². The van der Waals surface area contributed by atoms with E-state index in [9.17, 15) is 13.6 Å². The van der Waals surface area contributed by atoms with Crippen molar-refractivity contribution in [3.8, 4) is 5.75 Å². The van der Waals surface area contributed by atoms with E-state index in [1.54, 1.807) is 28.9 Å². The number of fused-ring (bicyclic) bond motifs is 1. The van der Waals surface area contributed by atoms with Crippen LogP contribution in [0.5, 0.6) is 5.75 Å². The average Bonchev–Trinajstić information content (AvgIpc) is 3.56. The van der Waals surface area contributed by atoms with E-state index >= 15 is 0 Å². The number of hydrogen-bond donors (Lipinski definition) is 2. The molecule has 1 aliphatic heterocycles. The largest absolute Gasteiger partial charge is 0.454 e. The molecule has 2 aromatic heterocycles. The summed E-state index contributed by atoms with van der Waals surface area (Å²) in [5, 5.41) is 7.20. The van der Waals surface area contributed by atoms with Gasteiger partial charge in [0.15, 0.2) is 23.0 Å². The zero-order valence-corrected chi connectivity index (χ0v) is 26.4. The van der Waals surface area contributed by atoms with Crippen molar-refractivity contribution >= 4 is 36.0 Å². The van der Waals surface area contributed by atoms with Crippen molar-refractivity contribution in [2.24, 2.45) is 11.8 Å². The molecule has 232 valence electrons. The Morgan fingerprint density at radius 2 is 2.05 bits per heavy atom. The van der Waals surface area contributed by atoms with Crippen molar-refractivity contribution in [1.29, 1.82) is 0 Å². The topological polar surface area (TPSA) is 74.7 Å². The van der Waals surface area contributed by atoms with Crippen LogP contribution < -0.4 is 20.8 Å². The number of para-hydroxylation sites is 1. The SMILES string of the molecule is C=c1/c(=C\C(=C/C(C)F)Oc2ccccc2F)nc2c(C(=O)/C=C/C3CC(C)=C(C4CCN(SC)CC4)C=C3NC)c[nH]n12. The lowest BCUT2D eigenvalue weighted by Gasteiger charge is -2.34. The molecule has 10 heteroatoms. The van der Waals surface area contributed by atoms with Gasteiger partial charge in [0.2, 0.25) is 0 Å². The third-order valence-corrected chi connectivity index (χ3v) is 9.12. The lowest BCUT2D eigenvalue weighted by Crippen LogP contribution is -2.30. The van der Waals surface area contributed by atoms with E-state index in [1.807, 2.05) is 25.1 Å². The molecule has 0 saturated carbocycles. The molecule has 1 saturated heterocycles. The van der Waals surface area contributed by atoms with Crippen LogP contribution >= 0.6 is 11.9 Å². The highest BCUT2D eigenvalue weighted by Gasteiger charge is 2.27. The first kappa shape index (κ1) is 31.5. The molecule has 2 N–H and O–H groups in total. The van der Waals surface area contributed by atoms with Gasteiger partial charge in [0.25, 0.3) is 0 Å². The standard InChI is InChI=1S/C34H39F2N5O2S/c1-21-16-25(31(37-4)19-27(21)24-12-14-40(44-5)15-13-24)10-11-32(42)28-20-38-41-23(3)30(39-34(28)41)18-26(17-22(2)35)43-33-9-7-6-8-29(33)36/h6-11,17-20,22,24-25,37-38H,3,12-16H2,1-2,4-5H3/b11-10+,26-17+,30-18+. The number of carbonyl (C=O) groups excluding carboxylic acids is 1. The number of halogens is 2. The van der Waals surface area contributed by atoms with Crippen LogP contribution in [-0.4, -0.2) is 57.3 Å². The molecule has 3 aromatic rings. The van der Waals surface area contributed by atoms with Gasteiger partial charge in [0, 0.05) is 44.0 Å². The molecule has 0 spiro atoms. The van der Waals surface area contributed by atoms with Crippen LogP contribution in [0.4, 0.5) is 8.78 Å². The molecule has 3 heterocycles. The molecule has 1 aliphatic carbocycles. The van der Waals surface area contributed by atoms with E-state index in [1.165, 1.54) is 42.4 Å². The summed E-state index contributed by atoms with van der Waals surface area (Å²) in [6.07, 6.45) is 14.1. The van der Waals surface area contributed by atoms with Crippen LogP contribution in [-0.2, 0) is 0 Å². The zero-order valence-electron chi connectivity index (χ0n) is 25.6. The lowest BCUT2D eigenvalue weighted by molar-refractivity contribution is 0.104. The first-order chi connectivity index (χ1) is 21.2. The van der Waals surface area contributed by atoms with Gasteiger partial charge in [-0.25, -0.2) is 18.3 Å². The number of hydrogen-bond acceptors (Lipinski definition) is 6. The number of alkyl halides is 1. The molecular weight excluding hydrogens is 580 g/mol. The summed E-state index contributed by atoms with van der Waals surface area (Å²) in [5.74, 6) is -0.113. The van der Waals surface area contributed by atoms with Crippen LogP contribution in [0.15, 0.2) is 77.4 Å². The highest BCUT2D eigenvalue weighted by atomic mass is 32.2. The van der Waals surface area contributed by atoms with Crippen molar-refractivity contribution in [3.63, 3.8) is 0 Å². The highest BCUT2D eigenvalue weighted by Crippen LogP contribution is 2.37. The van der Waals surface area contributed by atoms with Crippen molar-refractivity contribution in [3.05, 3.63) is 99.4 Å². The number of piperidine rings is 1. The van der Waals surface area contributed by atoms with Crippen molar-refractivity contribution in [2.45, 2.75) is 39.3 Å². The molecule has 44 heavy (non-hydrogen) atoms. The van der Waals surface area contributed by atoms with E-state index in [2.05, 4.69) is 45.5 Å². The number of rotatable bonds is 10. The fourth-order valence-electron chi connectivity index (χ4n) is 5.90. The molecule has 1 fully saturated rings. The van der Waals surface area contributed by atoms with Crippen molar-refractivity contribution in [2.75, 3.05) is 26.4 Å². The van der Waals surface area contributed by atoms with E-state index in [0.29, 0.717) is 27.8 Å². The predicted octanol–water partition coefficient (Wildman–Crippen LogP) is 5.48. The summed E-state index contributed by atoms with van der Waals surface area (Å²) < 4.78 is 37.8. The number of aromatic amines is 1. The summed E-state index contributed by atoms with van der Waals surface area (Å²) in [6.45, 7) is 9.82. The molecular formula is C34H39F2N5O2S. The maximum atomic E-state index is 14.2. The Hall–Kier alpha value is -3.89. The minimum atomic E-state index is -1.35. The number of ketones is 1. The summed E-state index contributed by atoms with van der Waals surface area (Å²) in [7, 11) is 1.93. The zero-order chi connectivity index (χ0) is 31.4. The van der Waals surface area contributed by atoms with Crippen LogP contribution in [0.25, 0.3) is 18.3 Å². The Balaban J connectivity index is 1.36. The number of imidazole rings is 1. The third-order valence-electron chi connectivity index (χ3n) is 8.24. The normalized spacial score (nSPS) is 20.0. The van der Waals surface area contributed by atoms with Crippen LogP contribution in [0.1, 0.15) is 43.5 Å². The first-order valence-corrected chi connectivity index (χ1v) is 16.0. The van der Waals surface area contributed by atoms with Gasteiger partial charge >= 0.3 is 0 Å². The van der Waals surface area contributed by atoms with Gasteiger partial charge in [-0.3, -0.25) is 14.2 Å². The number of nitrogens with one attached hydrogen (secondary N) is 2. The van der Waals surface area contributed by atoms with Gasteiger partial charge in [0.05, 0.1) is 16.3 Å². The molecule has 0 radical (unpaired) electrons. The molecule has 0 amide bonds. The molecule has 2 unspecified atom stereocenters. The molecule has 2 aliphatic rings. The van der Waals surface area contributed by atoms with E-state index in [0.717, 1.165) is 38.0 Å². The number of allylic oxidation sites excluding steroid dienone is 7. The molecule has 5 rings (SSSR count). The molecule has 7 nitrogen and oxygen atoms in total. The molecule has 0 bridgehead atoms. The van der Waals surface area contributed by atoms with Crippen LogP contribution in [0, 0.1) is 17.7 Å². The number of carbonyl (C=O) groups is 1. The number of benzene rings is 1. The molecule has 2 atom stereocenters. The Morgan fingerprint density at radius 3 is 2.73 bits per heavy atom. The number of H-pyrrole nitrogens is 1. The van der Waals surface area contributed by atoms with E-state index in [4.69, 9.17) is 4.74 Å². The lowest BCUT2D eigenvalue weighted by atomic mass is 9.79. The smallest absolute Gasteiger partial charge is 0.190 e. The second kappa shape index (κ2) is 13.8. The van der Waals surface area contributed by atoms with Gasteiger partial charge in [-0.1, -0.05) is 42.3 Å². The second-order valence-electron chi connectivity index (χ2n) is 11.2. The van der Waals surface area contributed by atoms with Crippen molar-refractivity contribution < 1.29 is 18.3 Å². The maximum absolute atomic E-state index is 14.2. The predicted molar refractivity (Wildman–Crippen MR) is 174 cm³/mol. The summed E-state index contributed by atoms with van der Waals surface area (Å²) in [5.41, 5.74) is 4.67. The monoisotopic (exact) mass is 619 g/mol. The van der Waals surface area contributed by atoms with Gasteiger partial charge in [-0.05, 0) is 81.2 Å². The Bertz CT molecular complexity index is 1760. The highest BCUT2D eigenvalue weighted by molar-refractivity contribution is 7.96.